The first-order valence-corrected chi connectivity index (χ1v) is 9.49. The Bertz CT molecular complexity index is 829. The third-order valence-corrected chi connectivity index (χ3v) is 4.89. The Morgan fingerprint density at radius 2 is 2.04 bits per heavy atom. The van der Waals surface area contributed by atoms with Gasteiger partial charge in [-0.05, 0) is 44.4 Å². The number of hydrogen-bond donors (Lipinski definition) is 1. The van der Waals surface area contributed by atoms with E-state index in [-0.39, 0.29) is 28.2 Å². The number of likely N-dealkylation sites (N-methyl/N-ethyl adjacent to an activating group) is 1. The fraction of sp³-hybridized carbons (Fsp3) is 0.353. The summed E-state index contributed by atoms with van der Waals surface area (Å²) in [5.74, 6) is 0.573. The van der Waals surface area contributed by atoms with E-state index in [9.17, 15) is 13.2 Å². The average molecular weight is 366 g/mol. The van der Waals surface area contributed by atoms with Crippen LogP contribution in [0.4, 0.5) is 0 Å². The fourth-order valence-corrected chi connectivity index (χ4v) is 3.28. The van der Waals surface area contributed by atoms with Gasteiger partial charge in [0.05, 0.1) is 19.4 Å². The SMILES string of the molecule is COc1ccc(C(=O)NCC(c2ccco2)N(C)C)cc1S(C)(=O)=O. The molecule has 0 radical (unpaired) electrons. The van der Waals surface area contributed by atoms with Crippen LogP contribution in [0.1, 0.15) is 22.2 Å². The van der Waals surface area contributed by atoms with Crippen molar-refractivity contribution < 1.29 is 22.4 Å². The summed E-state index contributed by atoms with van der Waals surface area (Å²) in [5, 5.41) is 2.81. The third-order valence-electron chi connectivity index (χ3n) is 3.78. The highest BCUT2D eigenvalue weighted by atomic mass is 32.2. The van der Waals surface area contributed by atoms with Gasteiger partial charge in [-0.3, -0.25) is 9.69 Å². The molecule has 1 unspecified atom stereocenters. The van der Waals surface area contributed by atoms with Gasteiger partial charge in [0.2, 0.25) is 0 Å². The molecular formula is C17H22N2O5S. The second-order valence-corrected chi connectivity index (χ2v) is 7.83. The van der Waals surface area contributed by atoms with Gasteiger partial charge in [0.1, 0.15) is 16.4 Å². The number of nitrogens with zero attached hydrogens (tertiary/aromatic N) is 1. The van der Waals surface area contributed by atoms with E-state index >= 15 is 0 Å². The van der Waals surface area contributed by atoms with E-state index in [4.69, 9.17) is 9.15 Å². The molecule has 1 atom stereocenters. The van der Waals surface area contributed by atoms with Crippen molar-refractivity contribution in [3.8, 4) is 5.75 Å². The number of hydrogen-bond acceptors (Lipinski definition) is 6. The minimum atomic E-state index is -3.51. The number of benzene rings is 1. The quantitative estimate of drug-likeness (QED) is 0.803. The van der Waals surface area contributed by atoms with Gasteiger partial charge in [0.15, 0.2) is 9.84 Å². The molecule has 0 saturated carbocycles. The van der Waals surface area contributed by atoms with Crippen molar-refractivity contribution in [2.45, 2.75) is 10.9 Å². The standard InChI is InChI=1S/C17H22N2O5S/c1-19(2)13(14-6-5-9-24-14)11-18-17(20)12-7-8-15(23-3)16(10-12)25(4,21)22/h5-10,13H,11H2,1-4H3,(H,18,20). The normalized spacial score (nSPS) is 12.8. The van der Waals surface area contributed by atoms with Crippen LogP contribution in [-0.4, -0.2) is 53.2 Å². The lowest BCUT2D eigenvalue weighted by molar-refractivity contribution is 0.0939. The first-order chi connectivity index (χ1) is 11.7. The van der Waals surface area contributed by atoms with E-state index in [1.165, 1.54) is 25.3 Å². The lowest BCUT2D eigenvalue weighted by Crippen LogP contribution is -2.34. The molecule has 1 aromatic carbocycles. The minimum absolute atomic E-state index is 0.0159. The molecular weight excluding hydrogens is 344 g/mol. The zero-order valence-corrected chi connectivity index (χ0v) is 15.5. The topological polar surface area (TPSA) is 88.8 Å². The molecule has 0 aliphatic carbocycles. The molecule has 7 nitrogen and oxygen atoms in total. The first kappa shape index (κ1) is 19.0. The summed E-state index contributed by atoms with van der Waals surface area (Å²) in [6, 6.07) is 7.82. The summed E-state index contributed by atoms with van der Waals surface area (Å²) in [6.07, 6.45) is 2.65. The number of nitrogens with one attached hydrogen (secondary N) is 1. The van der Waals surface area contributed by atoms with Crippen LogP contribution in [0.25, 0.3) is 0 Å². The molecule has 1 aromatic heterocycles. The maximum Gasteiger partial charge on any atom is 0.251 e. The summed E-state index contributed by atoms with van der Waals surface area (Å²) in [7, 11) is 1.64. The van der Waals surface area contributed by atoms with E-state index < -0.39 is 9.84 Å². The Morgan fingerprint density at radius 3 is 2.56 bits per heavy atom. The number of methoxy groups -OCH3 is 1. The summed E-state index contributed by atoms with van der Waals surface area (Å²) in [6.45, 7) is 0.319. The van der Waals surface area contributed by atoms with Crippen LogP contribution in [0.5, 0.6) is 5.75 Å². The highest BCUT2D eigenvalue weighted by molar-refractivity contribution is 7.90. The molecule has 2 aromatic rings. The zero-order valence-electron chi connectivity index (χ0n) is 14.6. The van der Waals surface area contributed by atoms with E-state index in [1.54, 1.807) is 12.3 Å². The molecule has 0 aliphatic heterocycles. The predicted octanol–water partition coefficient (Wildman–Crippen LogP) is 1.72. The van der Waals surface area contributed by atoms with Crippen molar-refractivity contribution >= 4 is 15.7 Å². The zero-order chi connectivity index (χ0) is 18.6. The molecule has 0 fully saturated rings. The van der Waals surface area contributed by atoms with E-state index in [0.29, 0.717) is 6.54 Å². The molecule has 1 N–H and O–H groups in total. The molecule has 1 amide bonds. The van der Waals surface area contributed by atoms with Crippen LogP contribution in [-0.2, 0) is 9.84 Å². The average Bonchev–Trinajstić information content (AvgIpc) is 3.07. The second-order valence-electron chi connectivity index (χ2n) is 5.84. The Balaban J connectivity index is 2.18. The predicted molar refractivity (Wildman–Crippen MR) is 93.6 cm³/mol. The monoisotopic (exact) mass is 366 g/mol. The van der Waals surface area contributed by atoms with Crippen molar-refractivity contribution in [1.29, 1.82) is 0 Å². The van der Waals surface area contributed by atoms with Crippen molar-refractivity contribution in [2.75, 3.05) is 34.0 Å². The highest BCUT2D eigenvalue weighted by Crippen LogP contribution is 2.25. The van der Waals surface area contributed by atoms with Crippen LogP contribution in [0, 0.1) is 0 Å². The van der Waals surface area contributed by atoms with E-state index in [0.717, 1.165) is 12.0 Å². The van der Waals surface area contributed by atoms with E-state index in [1.807, 2.05) is 25.1 Å². The van der Waals surface area contributed by atoms with Crippen molar-refractivity contribution in [3.63, 3.8) is 0 Å². The number of furan rings is 1. The second kappa shape index (κ2) is 7.71. The summed E-state index contributed by atoms with van der Waals surface area (Å²) >= 11 is 0. The number of carbonyl (C=O) groups is 1. The van der Waals surface area contributed by atoms with Gasteiger partial charge in [-0.15, -0.1) is 0 Å². The van der Waals surface area contributed by atoms with Crippen LogP contribution < -0.4 is 10.1 Å². The molecule has 0 aliphatic rings. The van der Waals surface area contributed by atoms with Crippen LogP contribution >= 0.6 is 0 Å². The van der Waals surface area contributed by atoms with Crippen molar-refractivity contribution in [3.05, 3.63) is 47.9 Å². The van der Waals surface area contributed by atoms with Crippen LogP contribution in [0.3, 0.4) is 0 Å². The number of rotatable bonds is 7. The fourth-order valence-electron chi connectivity index (χ4n) is 2.42. The van der Waals surface area contributed by atoms with Crippen LogP contribution in [0.15, 0.2) is 45.9 Å². The van der Waals surface area contributed by atoms with Crippen molar-refractivity contribution in [1.82, 2.24) is 10.2 Å². The summed E-state index contributed by atoms with van der Waals surface area (Å²) in [5.41, 5.74) is 0.248. The molecule has 0 saturated heterocycles. The minimum Gasteiger partial charge on any atom is -0.495 e. The number of carbonyl (C=O) groups excluding carboxylic acids is 1. The first-order valence-electron chi connectivity index (χ1n) is 7.60. The Labute approximate surface area is 147 Å². The molecule has 0 spiro atoms. The summed E-state index contributed by atoms with van der Waals surface area (Å²) in [4.78, 5) is 14.3. The van der Waals surface area contributed by atoms with Gasteiger partial charge < -0.3 is 14.5 Å². The van der Waals surface area contributed by atoms with Crippen molar-refractivity contribution in [2.24, 2.45) is 0 Å². The molecule has 25 heavy (non-hydrogen) atoms. The molecule has 0 bridgehead atoms. The largest absolute Gasteiger partial charge is 0.495 e. The molecule has 2 rings (SSSR count). The van der Waals surface area contributed by atoms with Gasteiger partial charge >= 0.3 is 0 Å². The third kappa shape index (κ3) is 4.61. The highest BCUT2D eigenvalue weighted by Gasteiger charge is 2.20. The van der Waals surface area contributed by atoms with E-state index in [2.05, 4.69) is 5.32 Å². The van der Waals surface area contributed by atoms with Gasteiger partial charge in [-0.1, -0.05) is 0 Å². The van der Waals surface area contributed by atoms with Gasteiger partial charge in [-0.2, -0.15) is 0 Å². The molecule has 1 heterocycles. The van der Waals surface area contributed by atoms with Gasteiger partial charge in [0, 0.05) is 18.4 Å². The molecule has 136 valence electrons. The maximum atomic E-state index is 12.4. The molecule has 8 heteroatoms. The Morgan fingerprint density at radius 1 is 1.32 bits per heavy atom. The lowest BCUT2D eigenvalue weighted by Gasteiger charge is -2.22. The van der Waals surface area contributed by atoms with Crippen LogP contribution in [0.2, 0.25) is 0 Å². The Kier molecular flexibility index (Phi) is 5.86. The van der Waals surface area contributed by atoms with Gasteiger partial charge in [0.25, 0.3) is 5.91 Å². The summed E-state index contributed by atoms with van der Waals surface area (Å²) < 4.78 is 34.2. The number of sulfone groups is 1. The number of amides is 1. The number of ether oxygens (including phenoxy) is 1. The Hall–Kier alpha value is -2.32. The lowest BCUT2D eigenvalue weighted by atomic mass is 10.1. The van der Waals surface area contributed by atoms with Gasteiger partial charge in [-0.25, -0.2) is 8.42 Å². The maximum absolute atomic E-state index is 12.4. The smallest absolute Gasteiger partial charge is 0.251 e.